The van der Waals surface area contributed by atoms with Crippen LogP contribution < -0.4 is 0 Å². The van der Waals surface area contributed by atoms with Crippen molar-refractivity contribution >= 4 is 18.9 Å². The zero-order valence-corrected chi connectivity index (χ0v) is 15.0. The van der Waals surface area contributed by atoms with Gasteiger partial charge in [-0.05, 0) is 42.7 Å². The van der Waals surface area contributed by atoms with Crippen LogP contribution in [0.25, 0.3) is 4.98 Å². The maximum Gasteiger partial charge on any atom is 0.673 e. The Morgan fingerprint density at radius 3 is 2.19 bits per heavy atom. The number of hydrogen-bond donors (Lipinski definition) is 0. The Balaban J connectivity index is 0.000000597. The molecule has 0 amide bonds. The first-order valence-corrected chi connectivity index (χ1v) is 8.54. The summed E-state index contributed by atoms with van der Waals surface area (Å²) < 4.78 is 44.8. The first-order valence-electron chi connectivity index (χ1n) is 8.54. The molecule has 0 bridgehead atoms. The van der Waals surface area contributed by atoms with Crippen molar-refractivity contribution in [3.63, 3.8) is 0 Å². The topological polar surface area (TPSA) is 54.5 Å². The number of nitrogens with zero attached hydrogens (tertiary/aromatic N) is 2. The molecule has 9 heteroatoms. The van der Waals surface area contributed by atoms with Crippen molar-refractivity contribution in [1.82, 2.24) is 0 Å². The summed E-state index contributed by atoms with van der Waals surface area (Å²) in [6.45, 7) is 6.60. The van der Waals surface area contributed by atoms with Crippen LogP contribution in [0.3, 0.4) is 0 Å². The molecule has 0 unspecified atom stereocenters. The summed E-state index contributed by atoms with van der Waals surface area (Å²) in [4.78, 5) is 15.4. The fourth-order valence-electron chi connectivity index (χ4n) is 3.12. The van der Waals surface area contributed by atoms with Gasteiger partial charge < -0.3 is 22.0 Å². The summed E-state index contributed by atoms with van der Waals surface area (Å²) in [7, 11) is -6.00. The second-order valence-electron chi connectivity index (χ2n) is 6.91. The van der Waals surface area contributed by atoms with E-state index in [1.165, 1.54) is 6.42 Å². The first-order chi connectivity index (χ1) is 12.0. The van der Waals surface area contributed by atoms with E-state index >= 15 is 0 Å². The summed E-state index contributed by atoms with van der Waals surface area (Å²) in [5, 5.41) is 8.66. The van der Waals surface area contributed by atoms with E-state index in [4.69, 9.17) is 10.1 Å². The monoisotopic (exact) mass is 374 g/mol. The Labute approximate surface area is 150 Å². The highest BCUT2D eigenvalue weighted by molar-refractivity contribution is 6.50. The van der Waals surface area contributed by atoms with Gasteiger partial charge >= 0.3 is 18.9 Å². The van der Waals surface area contributed by atoms with Crippen molar-refractivity contribution in [2.45, 2.75) is 46.1 Å². The van der Waals surface area contributed by atoms with Crippen LogP contribution in [-0.2, 0) is 4.74 Å². The summed E-state index contributed by atoms with van der Waals surface area (Å²) in [5.41, 5.74) is 0.932. The van der Waals surface area contributed by atoms with Crippen LogP contribution in [0.2, 0.25) is 0 Å². The average molecular weight is 374 g/mol. The van der Waals surface area contributed by atoms with Gasteiger partial charge in [-0.15, -0.1) is 0 Å². The molecule has 1 fully saturated rings. The Hall–Kier alpha value is -2.11. The van der Waals surface area contributed by atoms with Gasteiger partial charge in [-0.1, -0.05) is 27.2 Å². The van der Waals surface area contributed by atoms with Gasteiger partial charge in [-0.3, -0.25) is 0 Å². The quantitative estimate of drug-likeness (QED) is 0.278. The predicted molar refractivity (Wildman–Crippen MR) is 91.9 cm³/mol. The number of hydrogen-bond acceptors (Lipinski definition) is 3. The molecule has 0 saturated heterocycles. The molecule has 1 aliphatic carbocycles. The Morgan fingerprint density at radius 1 is 1.19 bits per heavy atom. The molecular weight excluding hydrogens is 351 g/mol. The Morgan fingerprint density at radius 2 is 1.73 bits per heavy atom. The van der Waals surface area contributed by atoms with Crippen LogP contribution in [0.4, 0.5) is 23.0 Å². The minimum absolute atomic E-state index is 0.00320. The molecule has 1 saturated carbocycles. The van der Waals surface area contributed by atoms with E-state index in [0.717, 1.165) is 12.8 Å². The first kappa shape index (κ1) is 21.9. The summed E-state index contributed by atoms with van der Waals surface area (Å²) in [6, 6.07) is 6.46. The second-order valence-corrected chi connectivity index (χ2v) is 6.91. The number of ether oxygens (including phenoxy) is 1. The minimum Gasteiger partial charge on any atom is -0.458 e. The van der Waals surface area contributed by atoms with Gasteiger partial charge in [-0.2, -0.15) is 0 Å². The zero-order chi connectivity index (χ0) is 19.9. The van der Waals surface area contributed by atoms with Crippen LogP contribution in [0.15, 0.2) is 24.3 Å². The maximum atomic E-state index is 12.3. The van der Waals surface area contributed by atoms with Gasteiger partial charge in [0.15, 0.2) is 4.98 Å². The molecule has 2 rings (SSSR count). The molecule has 26 heavy (non-hydrogen) atoms. The normalized spacial score (nSPS) is 22.8. The molecule has 3 atom stereocenters. The second kappa shape index (κ2) is 9.55. The van der Waals surface area contributed by atoms with Crippen molar-refractivity contribution in [2.75, 3.05) is 0 Å². The molecule has 0 spiro atoms. The molecule has 144 valence electrons. The summed E-state index contributed by atoms with van der Waals surface area (Å²) in [6.07, 6.45) is 3.28. The number of halogens is 4. The van der Waals surface area contributed by atoms with E-state index in [2.05, 4.69) is 25.7 Å². The van der Waals surface area contributed by atoms with E-state index in [1.807, 2.05) is 0 Å². The van der Waals surface area contributed by atoms with Crippen molar-refractivity contribution in [1.29, 1.82) is 5.39 Å². The molecule has 1 aromatic carbocycles. The number of rotatable bonds is 3. The van der Waals surface area contributed by atoms with E-state index in [-0.39, 0.29) is 12.1 Å². The van der Waals surface area contributed by atoms with Gasteiger partial charge in [0.25, 0.3) is 0 Å². The van der Waals surface area contributed by atoms with Crippen molar-refractivity contribution in [3.05, 3.63) is 34.8 Å². The highest BCUT2D eigenvalue weighted by atomic mass is 19.5. The van der Waals surface area contributed by atoms with E-state index in [1.54, 1.807) is 24.3 Å². The number of carbonyl (C=O) groups is 1. The minimum atomic E-state index is -6.00. The molecule has 0 heterocycles. The SMILES string of the molecule is CC(C)[C@@H]1CC[C@@H](C)C[C@H]1OC(=O)c1ccc([N+]#N)cc1.F[B-](F)(F)F. The van der Waals surface area contributed by atoms with Crippen LogP contribution in [0.1, 0.15) is 50.4 Å². The maximum absolute atomic E-state index is 12.3. The summed E-state index contributed by atoms with van der Waals surface area (Å²) in [5.74, 6) is 1.28. The standard InChI is InChI=1S/C17H23N2O2.BF4/c1-11(2)15-9-4-12(3)10-16(15)21-17(20)13-5-7-14(19-18)8-6-13;2-1(3,4)5/h5-8,11-12,15-16H,4,9-10H2,1-3H3;/q+1;-1/t12-,15+,16-;/m1./s1. The van der Waals surface area contributed by atoms with Gasteiger partial charge in [0.2, 0.25) is 5.39 Å². The predicted octanol–water partition coefficient (Wildman–Crippen LogP) is 6.09. The van der Waals surface area contributed by atoms with Crippen molar-refractivity contribution < 1.29 is 26.8 Å². The van der Waals surface area contributed by atoms with Crippen LogP contribution in [0.5, 0.6) is 0 Å². The summed E-state index contributed by atoms with van der Waals surface area (Å²) >= 11 is 0. The van der Waals surface area contributed by atoms with Crippen LogP contribution >= 0.6 is 0 Å². The third kappa shape index (κ3) is 7.85. The third-order valence-electron chi connectivity index (χ3n) is 4.44. The number of esters is 1. The van der Waals surface area contributed by atoms with Gasteiger partial charge in [0.1, 0.15) is 6.10 Å². The lowest BCUT2D eigenvalue weighted by Crippen LogP contribution is -2.35. The highest BCUT2D eigenvalue weighted by Gasteiger charge is 2.33. The van der Waals surface area contributed by atoms with Gasteiger partial charge in [0, 0.05) is 12.1 Å². The molecular formula is C17H23BF4N2O2. The molecule has 0 radical (unpaired) electrons. The molecule has 0 N–H and O–H groups in total. The molecule has 1 aliphatic rings. The van der Waals surface area contributed by atoms with E-state index in [0.29, 0.717) is 29.0 Å². The van der Waals surface area contributed by atoms with E-state index in [9.17, 15) is 22.1 Å². The van der Waals surface area contributed by atoms with Crippen molar-refractivity contribution in [2.24, 2.45) is 17.8 Å². The van der Waals surface area contributed by atoms with Gasteiger partial charge in [-0.25, -0.2) is 4.79 Å². The lowest BCUT2D eigenvalue weighted by Gasteiger charge is -2.36. The zero-order valence-electron chi connectivity index (χ0n) is 15.0. The molecule has 0 aliphatic heterocycles. The van der Waals surface area contributed by atoms with Gasteiger partial charge in [0.05, 0.1) is 5.56 Å². The molecule has 1 aromatic rings. The Kier molecular flexibility index (Phi) is 8.06. The fraction of sp³-hybridized carbons (Fsp3) is 0.588. The third-order valence-corrected chi connectivity index (χ3v) is 4.44. The number of benzene rings is 1. The lowest BCUT2D eigenvalue weighted by atomic mass is 9.75. The van der Waals surface area contributed by atoms with Crippen LogP contribution in [-0.4, -0.2) is 19.3 Å². The largest absolute Gasteiger partial charge is 0.673 e. The fourth-order valence-corrected chi connectivity index (χ4v) is 3.12. The number of carbonyl (C=O) groups excluding carboxylic acids is 1. The van der Waals surface area contributed by atoms with Crippen LogP contribution in [0, 0.1) is 23.1 Å². The lowest BCUT2D eigenvalue weighted by molar-refractivity contribution is -0.0174. The molecule has 4 nitrogen and oxygen atoms in total. The Bertz CT molecular complexity index is 623. The smallest absolute Gasteiger partial charge is 0.458 e. The average Bonchev–Trinajstić information content (AvgIpc) is 2.53. The number of diazo groups is 1. The highest BCUT2D eigenvalue weighted by Crippen LogP contribution is 2.35. The molecule has 0 aromatic heterocycles. The van der Waals surface area contributed by atoms with Crippen molar-refractivity contribution in [3.8, 4) is 0 Å². The van der Waals surface area contributed by atoms with E-state index < -0.39 is 7.25 Å².